The summed E-state index contributed by atoms with van der Waals surface area (Å²) in [5.41, 5.74) is 0. The van der Waals surface area contributed by atoms with Gasteiger partial charge in [-0.25, -0.2) is 0 Å². The Morgan fingerprint density at radius 2 is 0.800 bits per heavy atom. The average Bonchev–Trinajstić information content (AvgIpc) is 2.87. The third-order valence-corrected chi connectivity index (χ3v) is 6.37. The van der Waals surface area contributed by atoms with Crippen molar-refractivity contribution in [1.29, 1.82) is 0 Å². The Morgan fingerprint density at radius 1 is 0.500 bits per heavy atom. The van der Waals surface area contributed by atoms with Gasteiger partial charge in [-0.3, -0.25) is 28.8 Å². The maximum absolute atomic E-state index is 12.4. The van der Waals surface area contributed by atoms with Crippen LogP contribution in [0.3, 0.4) is 0 Å². The molecule has 0 aromatic carbocycles. The number of carboxylic acids is 2. The van der Waals surface area contributed by atoms with Gasteiger partial charge in [0, 0.05) is 25.9 Å². The molecule has 0 saturated carbocycles. The number of hydrogen-bond donors (Lipinski definition) is 6. The van der Waals surface area contributed by atoms with Crippen molar-refractivity contribution in [3.8, 4) is 0 Å². The Balaban J connectivity index is 3.94. The number of hydrogen-bond acceptors (Lipinski definition) is 6. The van der Waals surface area contributed by atoms with E-state index in [4.69, 9.17) is 10.2 Å². The van der Waals surface area contributed by atoms with Crippen LogP contribution in [-0.4, -0.2) is 71.0 Å². The van der Waals surface area contributed by atoms with Crippen molar-refractivity contribution in [2.75, 3.05) is 13.1 Å². The van der Waals surface area contributed by atoms with Crippen molar-refractivity contribution in [3.63, 3.8) is 0 Å². The largest absolute Gasteiger partial charge is 0.481 e. The van der Waals surface area contributed by atoms with Crippen LogP contribution in [0, 0.1) is 11.8 Å². The van der Waals surface area contributed by atoms with Gasteiger partial charge in [-0.15, -0.1) is 0 Å². The zero-order chi connectivity index (χ0) is 30.5. The molecule has 230 valence electrons. The van der Waals surface area contributed by atoms with E-state index in [9.17, 15) is 28.8 Å². The number of carbonyl (C=O) groups excluding carboxylic acids is 4. The van der Waals surface area contributed by atoms with Gasteiger partial charge in [0.05, 0.1) is 12.8 Å². The average molecular weight is 571 g/mol. The Hall–Kier alpha value is -3.18. The number of amides is 4. The van der Waals surface area contributed by atoms with E-state index in [1.54, 1.807) is 0 Å². The molecule has 0 aromatic rings. The lowest BCUT2D eigenvalue weighted by Gasteiger charge is -2.21. The van der Waals surface area contributed by atoms with E-state index < -0.39 is 35.8 Å². The zero-order valence-corrected chi connectivity index (χ0v) is 24.6. The van der Waals surface area contributed by atoms with Gasteiger partial charge in [-0.05, 0) is 24.7 Å². The highest BCUT2D eigenvalue weighted by molar-refractivity contribution is 5.89. The van der Waals surface area contributed by atoms with Gasteiger partial charge in [0.1, 0.15) is 12.1 Å². The molecule has 0 unspecified atom stereocenters. The Morgan fingerprint density at radius 3 is 1.07 bits per heavy atom. The predicted molar refractivity (Wildman–Crippen MR) is 150 cm³/mol. The van der Waals surface area contributed by atoms with Crippen LogP contribution in [-0.2, 0) is 28.8 Å². The molecule has 0 aromatic heterocycles. The van der Waals surface area contributed by atoms with Crippen LogP contribution in [0.1, 0.15) is 105 Å². The molecule has 40 heavy (non-hydrogen) atoms. The lowest BCUT2D eigenvalue weighted by molar-refractivity contribution is -0.139. The monoisotopic (exact) mass is 570 g/mol. The van der Waals surface area contributed by atoms with Crippen LogP contribution in [0.25, 0.3) is 0 Å². The minimum absolute atomic E-state index is 0.116. The highest BCUT2D eigenvalue weighted by Gasteiger charge is 2.25. The number of aliphatic carboxylic acids is 2. The molecule has 0 aliphatic carbocycles. The van der Waals surface area contributed by atoms with Crippen molar-refractivity contribution in [1.82, 2.24) is 21.3 Å². The second-order valence-corrected chi connectivity index (χ2v) is 10.8. The van der Waals surface area contributed by atoms with E-state index in [1.165, 1.54) is 0 Å². The molecule has 0 saturated heterocycles. The van der Waals surface area contributed by atoms with Crippen molar-refractivity contribution in [2.24, 2.45) is 11.8 Å². The van der Waals surface area contributed by atoms with Gasteiger partial charge in [0.25, 0.3) is 0 Å². The first-order valence-corrected chi connectivity index (χ1v) is 14.4. The molecule has 0 aliphatic rings. The Labute approximate surface area is 237 Å². The normalized spacial score (nSPS) is 12.4. The molecule has 2 atom stereocenters. The molecule has 12 heteroatoms. The third kappa shape index (κ3) is 19.0. The van der Waals surface area contributed by atoms with Gasteiger partial charge in [-0.1, -0.05) is 66.2 Å². The summed E-state index contributed by atoms with van der Waals surface area (Å²) in [5.74, 6) is -3.75. The van der Waals surface area contributed by atoms with Gasteiger partial charge < -0.3 is 31.5 Å². The molecule has 0 rings (SSSR count). The van der Waals surface area contributed by atoms with Gasteiger partial charge in [-0.2, -0.15) is 0 Å². The summed E-state index contributed by atoms with van der Waals surface area (Å²) in [4.78, 5) is 69.8. The van der Waals surface area contributed by atoms with E-state index in [0.29, 0.717) is 13.1 Å². The van der Waals surface area contributed by atoms with Gasteiger partial charge in [0.15, 0.2) is 0 Å². The molecular formula is C28H50N4O8. The summed E-state index contributed by atoms with van der Waals surface area (Å²) in [6.07, 6.45) is 7.00. The minimum Gasteiger partial charge on any atom is -0.481 e. The molecule has 0 heterocycles. The summed E-state index contributed by atoms with van der Waals surface area (Å²) in [7, 11) is 0. The molecule has 6 N–H and O–H groups in total. The molecule has 12 nitrogen and oxygen atoms in total. The third-order valence-electron chi connectivity index (χ3n) is 6.37. The number of carboxylic acid groups (broad SMARTS) is 2. The van der Waals surface area contributed by atoms with E-state index in [2.05, 4.69) is 21.3 Å². The summed E-state index contributed by atoms with van der Waals surface area (Å²) in [5, 5.41) is 28.3. The first kappa shape index (κ1) is 36.8. The van der Waals surface area contributed by atoms with Crippen molar-refractivity contribution >= 4 is 35.6 Å². The summed E-state index contributed by atoms with van der Waals surface area (Å²) in [6, 6.07) is -1.38. The summed E-state index contributed by atoms with van der Waals surface area (Å²) in [6.45, 7) is 8.33. The molecule has 0 radical (unpaired) electrons. The highest BCUT2D eigenvalue weighted by atomic mass is 16.4. The SMILES string of the molecule is CC(C)[C@H](NC(=O)CCC(=O)O)C(=O)NCCCCCCCCCCNC(=O)[C@@H](NC(=O)CCC(=O)O)C(C)C. The van der Waals surface area contributed by atoms with Gasteiger partial charge in [0.2, 0.25) is 23.6 Å². The van der Waals surface area contributed by atoms with Crippen molar-refractivity contribution in [2.45, 2.75) is 117 Å². The maximum atomic E-state index is 12.4. The lowest BCUT2D eigenvalue weighted by atomic mass is 10.0. The fourth-order valence-corrected chi connectivity index (χ4v) is 3.96. The molecule has 4 amide bonds. The fraction of sp³-hybridized carbons (Fsp3) is 0.786. The molecule has 0 spiro atoms. The number of unbranched alkanes of at least 4 members (excludes halogenated alkanes) is 7. The van der Waals surface area contributed by atoms with Crippen LogP contribution in [0.4, 0.5) is 0 Å². The highest BCUT2D eigenvalue weighted by Crippen LogP contribution is 2.09. The number of nitrogens with one attached hydrogen (secondary N) is 4. The van der Waals surface area contributed by atoms with Crippen LogP contribution in [0.15, 0.2) is 0 Å². The van der Waals surface area contributed by atoms with Crippen molar-refractivity contribution in [3.05, 3.63) is 0 Å². The topological polar surface area (TPSA) is 191 Å². The maximum Gasteiger partial charge on any atom is 0.303 e. The standard InChI is InChI=1S/C28H50N4O8/c1-19(2)25(31-21(33)13-15-23(35)36)27(39)29-17-11-9-7-5-6-8-10-12-18-30-28(40)26(20(3)4)32-22(34)14-16-24(37)38/h19-20,25-26H,5-18H2,1-4H3,(H,29,39)(H,30,40)(H,31,33)(H,32,34)(H,35,36)(H,37,38)/t25-,26-/m0/s1. The minimum atomic E-state index is -1.05. The van der Waals surface area contributed by atoms with Crippen LogP contribution in [0.5, 0.6) is 0 Å². The molecule has 0 fully saturated rings. The number of carbonyl (C=O) groups is 6. The summed E-state index contributed by atoms with van der Waals surface area (Å²) >= 11 is 0. The molecule has 0 aliphatic heterocycles. The van der Waals surface area contributed by atoms with E-state index >= 15 is 0 Å². The van der Waals surface area contributed by atoms with Crippen LogP contribution >= 0.6 is 0 Å². The van der Waals surface area contributed by atoms with Crippen LogP contribution < -0.4 is 21.3 Å². The predicted octanol–water partition coefficient (Wildman–Crippen LogP) is 2.35. The first-order chi connectivity index (χ1) is 18.8. The quantitative estimate of drug-likeness (QED) is 0.101. The first-order valence-electron chi connectivity index (χ1n) is 14.4. The second kappa shape index (κ2) is 21.6. The smallest absolute Gasteiger partial charge is 0.303 e. The van der Waals surface area contributed by atoms with Crippen LogP contribution in [0.2, 0.25) is 0 Å². The fourth-order valence-electron chi connectivity index (χ4n) is 3.96. The molecular weight excluding hydrogens is 520 g/mol. The summed E-state index contributed by atoms with van der Waals surface area (Å²) < 4.78 is 0. The second-order valence-electron chi connectivity index (χ2n) is 10.8. The van der Waals surface area contributed by atoms with E-state index in [-0.39, 0.29) is 49.3 Å². The lowest BCUT2D eigenvalue weighted by Crippen LogP contribution is -2.49. The van der Waals surface area contributed by atoms with Crippen molar-refractivity contribution < 1.29 is 39.0 Å². The Bertz CT molecular complexity index is 750. The van der Waals surface area contributed by atoms with E-state index in [0.717, 1.165) is 51.4 Å². The number of rotatable bonds is 23. The Kier molecular flexibility index (Phi) is 19.9. The molecule has 0 bridgehead atoms. The van der Waals surface area contributed by atoms with E-state index in [1.807, 2.05) is 27.7 Å². The zero-order valence-electron chi connectivity index (χ0n) is 24.6. The van der Waals surface area contributed by atoms with Gasteiger partial charge >= 0.3 is 11.9 Å².